The molecule has 6 nitrogen and oxygen atoms in total. The van der Waals surface area contributed by atoms with Crippen molar-refractivity contribution in [2.45, 2.75) is 40.0 Å². The maximum absolute atomic E-state index is 13.5. The fourth-order valence-electron chi connectivity index (χ4n) is 4.15. The van der Waals surface area contributed by atoms with Crippen LogP contribution in [-0.4, -0.2) is 56.7 Å². The number of benzene rings is 1. The zero-order valence-electron chi connectivity index (χ0n) is 18.4. The molecule has 170 valence electrons. The average Bonchev–Trinajstić information content (AvgIpc) is 3.04. The Morgan fingerprint density at radius 2 is 1.69 bits per heavy atom. The molecule has 1 fully saturated rings. The number of pyridine rings is 1. The monoisotopic (exact) mass is 445 g/mol. The molecule has 1 saturated heterocycles. The topological polar surface area (TPSA) is 54.3 Å². The van der Waals surface area contributed by atoms with E-state index < -0.39 is 11.7 Å². The molecule has 0 unspecified atom stereocenters. The van der Waals surface area contributed by atoms with Crippen molar-refractivity contribution in [1.29, 1.82) is 0 Å². The van der Waals surface area contributed by atoms with Gasteiger partial charge < -0.3 is 4.90 Å². The lowest BCUT2D eigenvalue weighted by atomic mass is 10.1. The molecule has 3 aromatic rings. The highest BCUT2D eigenvalue weighted by Crippen LogP contribution is 2.36. The Labute approximate surface area is 184 Å². The van der Waals surface area contributed by atoms with Gasteiger partial charge in [0.15, 0.2) is 5.65 Å². The Morgan fingerprint density at radius 3 is 2.31 bits per heavy atom. The number of halogens is 3. The van der Waals surface area contributed by atoms with E-state index in [-0.39, 0.29) is 34.9 Å². The van der Waals surface area contributed by atoms with Crippen LogP contribution >= 0.6 is 0 Å². The quantitative estimate of drug-likeness (QED) is 0.614. The summed E-state index contributed by atoms with van der Waals surface area (Å²) in [6, 6.07) is 9.43. The molecule has 0 bridgehead atoms. The van der Waals surface area contributed by atoms with Crippen molar-refractivity contribution in [3.05, 3.63) is 58.4 Å². The SMILES string of the molecule is Cc1ccc(CN2CCN(C(=O)Cn3nc(C)c4c(C(F)(F)F)cc(C)nc43)CC2)cc1. The summed E-state index contributed by atoms with van der Waals surface area (Å²) < 4.78 is 41.8. The van der Waals surface area contributed by atoms with Crippen LogP contribution in [-0.2, 0) is 24.1 Å². The van der Waals surface area contributed by atoms with Gasteiger partial charge in [0.1, 0.15) is 6.54 Å². The number of amides is 1. The molecule has 1 aliphatic rings. The zero-order valence-corrected chi connectivity index (χ0v) is 18.4. The number of alkyl halides is 3. The third-order valence-electron chi connectivity index (χ3n) is 5.85. The number of hydrogen-bond donors (Lipinski definition) is 0. The van der Waals surface area contributed by atoms with Gasteiger partial charge >= 0.3 is 6.18 Å². The van der Waals surface area contributed by atoms with Crippen molar-refractivity contribution in [3.63, 3.8) is 0 Å². The molecule has 0 radical (unpaired) electrons. The zero-order chi connectivity index (χ0) is 23.0. The first-order chi connectivity index (χ1) is 15.1. The Bertz CT molecular complexity index is 1130. The fraction of sp³-hybridized carbons (Fsp3) is 0.435. The van der Waals surface area contributed by atoms with Crippen LogP contribution in [0.2, 0.25) is 0 Å². The molecule has 0 aliphatic carbocycles. The van der Waals surface area contributed by atoms with Gasteiger partial charge in [-0.3, -0.25) is 9.69 Å². The number of aryl methyl sites for hydroxylation is 3. The normalized spacial score (nSPS) is 15.5. The predicted octanol–water partition coefficient (Wildman–Crippen LogP) is 3.72. The number of carbonyl (C=O) groups is 1. The molecule has 0 spiro atoms. The highest BCUT2D eigenvalue weighted by molar-refractivity contribution is 5.85. The second-order valence-electron chi connectivity index (χ2n) is 8.39. The van der Waals surface area contributed by atoms with Crippen LogP contribution in [0.15, 0.2) is 30.3 Å². The van der Waals surface area contributed by atoms with Gasteiger partial charge in [0.25, 0.3) is 0 Å². The largest absolute Gasteiger partial charge is 0.417 e. The minimum Gasteiger partial charge on any atom is -0.339 e. The summed E-state index contributed by atoms with van der Waals surface area (Å²) >= 11 is 0. The van der Waals surface area contributed by atoms with Gasteiger partial charge in [0.05, 0.1) is 16.6 Å². The number of carbonyl (C=O) groups excluding carboxylic acids is 1. The number of rotatable bonds is 4. The van der Waals surface area contributed by atoms with Gasteiger partial charge in [0.2, 0.25) is 5.91 Å². The van der Waals surface area contributed by atoms with E-state index in [0.717, 1.165) is 25.7 Å². The molecule has 1 aliphatic heterocycles. The van der Waals surface area contributed by atoms with Crippen molar-refractivity contribution >= 4 is 16.9 Å². The van der Waals surface area contributed by atoms with Gasteiger partial charge in [-0.15, -0.1) is 0 Å². The third-order valence-corrected chi connectivity index (χ3v) is 5.85. The van der Waals surface area contributed by atoms with Gasteiger partial charge in [-0.1, -0.05) is 29.8 Å². The molecule has 4 rings (SSSR count). The molecule has 2 aromatic heterocycles. The summed E-state index contributed by atoms with van der Waals surface area (Å²) in [7, 11) is 0. The fourth-order valence-corrected chi connectivity index (χ4v) is 4.15. The van der Waals surface area contributed by atoms with Gasteiger partial charge in [-0.2, -0.15) is 18.3 Å². The second-order valence-corrected chi connectivity index (χ2v) is 8.39. The van der Waals surface area contributed by atoms with Gasteiger partial charge in [0, 0.05) is 38.4 Å². The van der Waals surface area contributed by atoms with Crippen LogP contribution in [0.5, 0.6) is 0 Å². The predicted molar refractivity (Wildman–Crippen MR) is 115 cm³/mol. The third kappa shape index (κ3) is 4.62. The van der Waals surface area contributed by atoms with Crippen LogP contribution in [0.3, 0.4) is 0 Å². The Hall–Kier alpha value is -2.94. The molecule has 0 saturated carbocycles. The highest BCUT2D eigenvalue weighted by atomic mass is 19.4. The van der Waals surface area contributed by atoms with Crippen LogP contribution in [0, 0.1) is 20.8 Å². The molecular formula is C23H26F3N5O. The molecule has 0 atom stereocenters. The van der Waals surface area contributed by atoms with E-state index in [1.165, 1.54) is 29.7 Å². The number of piperazine rings is 1. The summed E-state index contributed by atoms with van der Waals surface area (Å²) in [6.45, 7) is 8.41. The minimum absolute atomic E-state index is 0.0428. The van der Waals surface area contributed by atoms with Gasteiger partial charge in [-0.05, 0) is 32.4 Å². The van der Waals surface area contributed by atoms with E-state index in [9.17, 15) is 18.0 Å². The summed E-state index contributed by atoms with van der Waals surface area (Å²) in [4.78, 5) is 21.2. The van der Waals surface area contributed by atoms with E-state index >= 15 is 0 Å². The number of hydrogen-bond acceptors (Lipinski definition) is 4. The highest BCUT2D eigenvalue weighted by Gasteiger charge is 2.35. The van der Waals surface area contributed by atoms with E-state index in [1.807, 2.05) is 0 Å². The van der Waals surface area contributed by atoms with Crippen molar-refractivity contribution in [1.82, 2.24) is 24.6 Å². The maximum Gasteiger partial charge on any atom is 0.417 e. The molecule has 0 N–H and O–H groups in total. The summed E-state index contributed by atoms with van der Waals surface area (Å²) in [6.07, 6.45) is -4.51. The Kier molecular flexibility index (Phi) is 5.94. The first-order valence-electron chi connectivity index (χ1n) is 10.6. The minimum atomic E-state index is -4.51. The Morgan fingerprint density at radius 1 is 1.03 bits per heavy atom. The lowest BCUT2D eigenvalue weighted by molar-refractivity contribution is -0.136. The number of fused-ring (bicyclic) bond motifs is 1. The van der Waals surface area contributed by atoms with Crippen LogP contribution in [0.4, 0.5) is 13.2 Å². The summed E-state index contributed by atoms with van der Waals surface area (Å²) in [5.41, 5.74) is 2.24. The average molecular weight is 445 g/mol. The lowest BCUT2D eigenvalue weighted by Gasteiger charge is -2.34. The number of aromatic nitrogens is 3. The summed E-state index contributed by atoms with van der Waals surface area (Å²) in [5.74, 6) is -0.166. The number of nitrogens with zero attached hydrogens (tertiary/aromatic N) is 5. The van der Waals surface area contributed by atoms with E-state index in [4.69, 9.17) is 0 Å². The van der Waals surface area contributed by atoms with Crippen molar-refractivity contribution in [3.8, 4) is 0 Å². The van der Waals surface area contributed by atoms with Crippen molar-refractivity contribution < 1.29 is 18.0 Å². The van der Waals surface area contributed by atoms with Gasteiger partial charge in [-0.25, -0.2) is 9.67 Å². The van der Waals surface area contributed by atoms with Crippen molar-refractivity contribution in [2.24, 2.45) is 0 Å². The standard InChI is InChI=1S/C23H26F3N5O/c1-15-4-6-18(7-5-15)13-29-8-10-30(11-9-29)20(32)14-31-22-21(17(3)28-31)19(23(24,25)26)12-16(2)27-22/h4-7,12H,8-11,13-14H2,1-3H3. The molecule has 3 heterocycles. The molecule has 1 aromatic carbocycles. The first kappa shape index (κ1) is 22.3. The smallest absolute Gasteiger partial charge is 0.339 e. The van der Waals surface area contributed by atoms with E-state index in [0.29, 0.717) is 13.1 Å². The second kappa shape index (κ2) is 8.54. The molecule has 9 heteroatoms. The van der Waals surface area contributed by atoms with Crippen LogP contribution in [0.1, 0.15) is 28.1 Å². The molecule has 1 amide bonds. The Balaban J connectivity index is 1.45. The summed E-state index contributed by atoms with van der Waals surface area (Å²) in [5, 5.41) is 4.17. The molecule has 32 heavy (non-hydrogen) atoms. The maximum atomic E-state index is 13.5. The van der Waals surface area contributed by atoms with Crippen molar-refractivity contribution in [2.75, 3.05) is 26.2 Å². The van der Waals surface area contributed by atoms with E-state index in [1.54, 1.807) is 4.90 Å². The van der Waals surface area contributed by atoms with E-state index in [2.05, 4.69) is 46.2 Å². The molecular weight excluding hydrogens is 419 g/mol. The lowest BCUT2D eigenvalue weighted by Crippen LogP contribution is -2.49. The first-order valence-corrected chi connectivity index (χ1v) is 10.6. The van der Waals surface area contributed by atoms with Crippen LogP contribution in [0.25, 0.3) is 11.0 Å². The van der Waals surface area contributed by atoms with Crippen LogP contribution < -0.4 is 0 Å².